The van der Waals surface area contributed by atoms with Crippen molar-refractivity contribution >= 4 is 15.9 Å². The average Bonchev–Trinajstić information content (AvgIpc) is 2.69. The van der Waals surface area contributed by atoms with Gasteiger partial charge in [-0.05, 0) is 63.8 Å². The lowest BCUT2D eigenvalue weighted by molar-refractivity contribution is -0.126. The first kappa shape index (κ1) is 22.6. The molecule has 1 fully saturated rings. The summed E-state index contributed by atoms with van der Waals surface area (Å²) in [5.74, 6) is 0.281. The Balaban J connectivity index is 2.00. The molecule has 1 N–H and O–H groups in total. The molecule has 0 aromatic heterocycles. The molecule has 0 bridgehead atoms. The summed E-state index contributed by atoms with van der Waals surface area (Å²) in [6, 6.07) is 4.90. The van der Waals surface area contributed by atoms with Crippen LogP contribution >= 0.6 is 0 Å². The summed E-state index contributed by atoms with van der Waals surface area (Å²) < 4.78 is 38.3. The van der Waals surface area contributed by atoms with Gasteiger partial charge in [0.15, 0.2) is 0 Å². The van der Waals surface area contributed by atoms with Gasteiger partial charge in [0.2, 0.25) is 15.9 Å². The fourth-order valence-corrected chi connectivity index (χ4v) is 4.91. The summed E-state index contributed by atoms with van der Waals surface area (Å²) in [6.45, 7) is 8.64. The molecular weight excluding hydrogens is 380 g/mol. The van der Waals surface area contributed by atoms with Crippen LogP contribution in [0.25, 0.3) is 0 Å². The average molecular weight is 413 g/mol. The topological polar surface area (TPSA) is 84.9 Å². The maximum Gasteiger partial charge on any atom is 0.243 e. The zero-order chi connectivity index (χ0) is 20.6. The van der Waals surface area contributed by atoms with Crippen LogP contribution < -0.4 is 10.1 Å². The molecule has 28 heavy (non-hydrogen) atoms. The van der Waals surface area contributed by atoms with Gasteiger partial charge in [-0.1, -0.05) is 0 Å². The van der Waals surface area contributed by atoms with E-state index in [4.69, 9.17) is 9.47 Å². The smallest absolute Gasteiger partial charge is 0.243 e. The molecule has 1 heterocycles. The zero-order valence-electron chi connectivity index (χ0n) is 17.1. The van der Waals surface area contributed by atoms with Crippen molar-refractivity contribution in [3.8, 4) is 5.75 Å². The van der Waals surface area contributed by atoms with E-state index in [0.717, 1.165) is 12.0 Å². The zero-order valence-corrected chi connectivity index (χ0v) is 17.9. The number of nitrogens with zero attached hydrogens (tertiary/aromatic N) is 1. The van der Waals surface area contributed by atoms with Crippen molar-refractivity contribution in [1.29, 1.82) is 0 Å². The normalized spacial score (nSPS) is 18.0. The number of hydrogen-bond acceptors (Lipinski definition) is 5. The summed E-state index contributed by atoms with van der Waals surface area (Å²) in [6.07, 6.45) is 2.12. The first-order valence-electron chi connectivity index (χ1n) is 9.99. The summed E-state index contributed by atoms with van der Waals surface area (Å²) in [5, 5.41) is 2.90. The number of amides is 1. The summed E-state index contributed by atoms with van der Waals surface area (Å²) in [5.41, 5.74) is 0.781. The van der Waals surface area contributed by atoms with Crippen LogP contribution in [-0.4, -0.2) is 58.1 Å². The van der Waals surface area contributed by atoms with Crippen molar-refractivity contribution in [3.63, 3.8) is 0 Å². The van der Waals surface area contributed by atoms with Gasteiger partial charge in [-0.3, -0.25) is 4.79 Å². The Morgan fingerprint density at radius 2 is 2.07 bits per heavy atom. The van der Waals surface area contributed by atoms with Crippen LogP contribution in [0.15, 0.2) is 23.1 Å². The van der Waals surface area contributed by atoms with E-state index in [9.17, 15) is 13.2 Å². The van der Waals surface area contributed by atoms with E-state index in [2.05, 4.69) is 5.32 Å². The highest BCUT2D eigenvalue weighted by Gasteiger charge is 2.33. The van der Waals surface area contributed by atoms with E-state index in [1.54, 1.807) is 18.2 Å². The van der Waals surface area contributed by atoms with Gasteiger partial charge in [0.05, 0.1) is 17.4 Å². The molecule has 1 aliphatic heterocycles. The number of ether oxygens (including phenoxy) is 2. The second kappa shape index (κ2) is 10.8. The molecule has 1 atom stereocenters. The maximum absolute atomic E-state index is 13.0. The third-order valence-corrected chi connectivity index (χ3v) is 6.67. The standard InChI is InChI=1S/C20H32N2O5S/c1-4-26-13-7-11-21-20(23)17-8-6-12-22(15-17)28(24,25)18-9-10-19(27-5-2)16(3)14-18/h9-10,14,17H,4-8,11-13,15H2,1-3H3,(H,21,23)/t17-/m0/s1. The summed E-state index contributed by atoms with van der Waals surface area (Å²) in [4.78, 5) is 12.7. The number of carbonyl (C=O) groups is 1. The number of hydrogen-bond donors (Lipinski definition) is 1. The lowest BCUT2D eigenvalue weighted by Gasteiger charge is -2.31. The van der Waals surface area contributed by atoms with Crippen LogP contribution in [0.2, 0.25) is 0 Å². The van der Waals surface area contributed by atoms with Gasteiger partial charge in [-0.25, -0.2) is 8.42 Å². The van der Waals surface area contributed by atoms with Gasteiger partial charge >= 0.3 is 0 Å². The Labute approximate surface area is 168 Å². The Bertz CT molecular complexity index is 751. The maximum atomic E-state index is 13.0. The molecule has 0 unspecified atom stereocenters. The molecule has 0 saturated carbocycles. The Morgan fingerprint density at radius 3 is 2.75 bits per heavy atom. The van der Waals surface area contributed by atoms with Gasteiger partial charge in [0.1, 0.15) is 5.75 Å². The molecule has 1 aromatic rings. The van der Waals surface area contributed by atoms with Crippen molar-refractivity contribution in [3.05, 3.63) is 23.8 Å². The SMILES string of the molecule is CCOCCCNC(=O)[C@H]1CCCN(S(=O)(=O)c2ccc(OCC)c(C)c2)C1. The molecule has 1 aliphatic rings. The summed E-state index contributed by atoms with van der Waals surface area (Å²) >= 11 is 0. The van der Waals surface area contributed by atoms with E-state index in [1.165, 1.54) is 4.31 Å². The molecule has 1 aromatic carbocycles. The van der Waals surface area contributed by atoms with E-state index >= 15 is 0 Å². The van der Waals surface area contributed by atoms with Crippen molar-refractivity contribution in [2.45, 2.75) is 44.9 Å². The lowest BCUT2D eigenvalue weighted by Crippen LogP contribution is -2.45. The van der Waals surface area contributed by atoms with Gasteiger partial charge < -0.3 is 14.8 Å². The molecule has 1 saturated heterocycles. The molecule has 8 heteroatoms. The number of rotatable bonds is 10. The van der Waals surface area contributed by atoms with E-state index in [0.29, 0.717) is 51.5 Å². The first-order chi connectivity index (χ1) is 13.4. The number of nitrogens with one attached hydrogen (secondary N) is 1. The minimum absolute atomic E-state index is 0.0840. The van der Waals surface area contributed by atoms with Crippen molar-refractivity contribution < 1.29 is 22.7 Å². The lowest BCUT2D eigenvalue weighted by atomic mass is 9.99. The number of carbonyl (C=O) groups excluding carboxylic acids is 1. The predicted molar refractivity (Wildman–Crippen MR) is 108 cm³/mol. The van der Waals surface area contributed by atoms with Crippen molar-refractivity contribution in [2.75, 3.05) is 39.5 Å². The van der Waals surface area contributed by atoms with Crippen LogP contribution in [-0.2, 0) is 19.6 Å². The Morgan fingerprint density at radius 1 is 1.29 bits per heavy atom. The highest BCUT2D eigenvalue weighted by atomic mass is 32.2. The molecule has 0 radical (unpaired) electrons. The molecule has 0 aliphatic carbocycles. The van der Waals surface area contributed by atoms with Crippen LogP contribution in [0, 0.1) is 12.8 Å². The third-order valence-electron chi connectivity index (χ3n) is 4.81. The number of piperidine rings is 1. The monoisotopic (exact) mass is 412 g/mol. The number of aryl methyl sites for hydroxylation is 1. The van der Waals surface area contributed by atoms with Crippen molar-refractivity contribution in [2.24, 2.45) is 5.92 Å². The largest absolute Gasteiger partial charge is 0.494 e. The number of benzene rings is 1. The fourth-order valence-electron chi connectivity index (χ4n) is 3.30. The van der Waals surface area contributed by atoms with Crippen LogP contribution in [0.4, 0.5) is 0 Å². The van der Waals surface area contributed by atoms with Crippen LogP contribution in [0.3, 0.4) is 0 Å². The Hall–Kier alpha value is -1.64. The molecule has 158 valence electrons. The van der Waals surface area contributed by atoms with E-state index in [-0.39, 0.29) is 23.3 Å². The van der Waals surface area contributed by atoms with Crippen LogP contribution in [0.5, 0.6) is 5.75 Å². The van der Waals surface area contributed by atoms with E-state index < -0.39 is 10.0 Å². The van der Waals surface area contributed by atoms with Gasteiger partial charge in [0, 0.05) is 32.8 Å². The van der Waals surface area contributed by atoms with E-state index in [1.807, 2.05) is 20.8 Å². The predicted octanol–water partition coefficient (Wildman–Crippen LogP) is 2.34. The second-order valence-corrected chi connectivity index (χ2v) is 8.84. The fraction of sp³-hybridized carbons (Fsp3) is 0.650. The van der Waals surface area contributed by atoms with Gasteiger partial charge in [-0.2, -0.15) is 4.31 Å². The number of sulfonamides is 1. The highest BCUT2D eigenvalue weighted by Crippen LogP contribution is 2.27. The quantitative estimate of drug-likeness (QED) is 0.596. The molecular formula is C20H32N2O5S. The van der Waals surface area contributed by atoms with Crippen LogP contribution in [0.1, 0.15) is 38.7 Å². The molecule has 0 spiro atoms. The van der Waals surface area contributed by atoms with Crippen molar-refractivity contribution in [1.82, 2.24) is 9.62 Å². The highest BCUT2D eigenvalue weighted by molar-refractivity contribution is 7.89. The Kier molecular flexibility index (Phi) is 8.72. The molecule has 1 amide bonds. The molecule has 7 nitrogen and oxygen atoms in total. The third kappa shape index (κ3) is 5.93. The minimum atomic E-state index is -3.64. The minimum Gasteiger partial charge on any atom is -0.494 e. The van der Waals surface area contributed by atoms with Gasteiger partial charge in [0.25, 0.3) is 0 Å². The second-order valence-electron chi connectivity index (χ2n) is 6.90. The summed E-state index contributed by atoms with van der Waals surface area (Å²) in [7, 11) is -3.64. The molecule has 2 rings (SSSR count). The van der Waals surface area contributed by atoms with Gasteiger partial charge in [-0.15, -0.1) is 0 Å². The first-order valence-corrected chi connectivity index (χ1v) is 11.4.